The molecule has 5 heteroatoms. The van der Waals surface area contributed by atoms with E-state index in [0.29, 0.717) is 11.1 Å². The molecule has 0 saturated carbocycles. The number of nitrogens with zero attached hydrogens (tertiary/aromatic N) is 1. The van der Waals surface area contributed by atoms with Crippen LogP contribution in [0.3, 0.4) is 0 Å². The van der Waals surface area contributed by atoms with E-state index in [1.807, 2.05) is 0 Å². The lowest BCUT2D eigenvalue weighted by atomic mass is 10.0. The molecular formula is C12H7ClFNO2. The van der Waals surface area contributed by atoms with E-state index >= 15 is 0 Å². The van der Waals surface area contributed by atoms with Crippen LogP contribution >= 0.6 is 11.6 Å². The lowest BCUT2D eigenvalue weighted by Crippen LogP contribution is -2.03. The molecule has 0 aliphatic rings. The van der Waals surface area contributed by atoms with Gasteiger partial charge in [0.05, 0.1) is 0 Å². The van der Waals surface area contributed by atoms with E-state index in [4.69, 9.17) is 16.7 Å². The maximum atomic E-state index is 13.1. The number of rotatable bonds is 2. The number of halogens is 2. The number of carboxylic acid groups (broad SMARTS) is 1. The summed E-state index contributed by atoms with van der Waals surface area (Å²) in [5.41, 5.74) is 0.594. The summed E-state index contributed by atoms with van der Waals surface area (Å²) in [7, 11) is 0. The highest BCUT2D eigenvalue weighted by Crippen LogP contribution is 2.24. The molecule has 1 aromatic carbocycles. The van der Waals surface area contributed by atoms with Gasteiger partial charge in [-0.2, -0.15) is 0 Å². The van der Waals surface area contributed by atoms with Gasteiger partial charge in [-0.3, -0.25) is 0 Å². The summed E-state index contributed by atoms with van der Waals surface area (Å²) in [4.78, 5) is 14.7. The summed E-state index contributed by atoms with van der Waals surface area (Å²) in [6, 6.07) is 8.62. The van der Waals surface area contributed by atoms with Crippen LogP contribution in [0.15, 0.2) is 36.4 Å². The largest absolute Gasteiger partial charge is 0.476 e. The summed E-state index contributed by atoms with van der Waals surface area (Å²) >= 11 is 5.63. The van der Waals surface area contributed by atoms with Crippen LogP contribution in [0.25, 0.3) is 11.1 Å². The van der Waals surface area contributed by atoms with Gasteiger partial charge in [-0.25, -0.2) is 14.2 Å². The van der Waals surface area contributed by atoms with E-state index < -0.39 is 11.8 Å². The van der Waals surface area contributed by atoms with Crippen molar-refractivity contribution in [2.24, 2.45) is 0 Å². The summed E-state index contributed by atoms with van der Waals surface area (Å²) < 4.78 is 13.1. The first-order valence-electron chi connectivity index (χ1n) is 4.73. The molecule has 0 amide bonds. The van der Waals surface area contributed by atoms with E-state index in [0.717, 1.165) is 0 Å². The molecule has 0 spiro atoms. The molecule has 0 atom stereocenters. The maximum Gasteiger partial charge on any atom is 0.355 e. The molecule has 0 aliphatic heterocycles. The van der Waals surface area contributed by atoms with Crippen LogP contribution in [0.1, 0.15) is 10.5 Å². The first-order valence-corrected chi connectivity index (χ1v) is 5.11. The smallest absolute Gasteiger partial charge is 0.355 e. The number of benzene rings is 1. The number of hydrogen-bond acceptors (Lipinski definition) is 2. The van der Waals surface area contributed by atoms with Gasteiger partial charge in [0.25, 0.3) is 0 Å². The Morgan fingerprint density at radius 3 is 2.71 bits per heavy atom. The zero-order chi connectivity index (χ0) is 12.4. The third-order valence-corrected chi connectivity index (χ3v) is 2.41. The highest BCUT2D eigenvalue weighted by atomic mass is 35.5. The van der Waals surface area contributed by atoms with Gasteiger partial charge in [0.2, 0.25) is 0 Å². The van der Waals surface area contributed by atoms with Crippen LogP contribution in [-0.2, 0) is 0 Å². The molecule has 1 N–H and O–H groups in total. The van der Waals surface area contributed by atoms with Crippen LogP contribution in [0.2, 0.25) is 5.15 Å². The topological polar surface area (TPSA) is 50.2 Å². The van der Waals surface area contributed by atoms with Crippen LogP contribution in [0.4, 0.5) is 4.39 Å². The predicted molar refractivity (Wildman–Crippen MR) is 61.6 cm³/mol. The van der Waals surface area contributed by atoms with Gasteiger partial charge in [-0.15, -0.1) is 0 Å². The highest BCUT2D eigenvalue weighted by molar-refractivity contribution is 6.29. The monoisotopic (exact) mass is 251 g/mol. The molecule has 1 aromatic heterocycles. The van der Waals surface area contributed by atoms with Crippen LogP contribution in [0, 0.1) is 5.82 Å². The minimum atomic E-state index is -1.20. The standard InChI is InChI=1S/C12H7ClFNO2/c13-10-5-4-9(11(15-10)12(16)17)7-2-1-3-8(14)6-7/h1-6H,(H,16,17). The lowest BCUT2D eigenvalue weighted by Gasteiger charge is -2.05. The Balaban J connectivity index is 2.63. The van der Waals surface area contributed by atoms with Gasteiger partial charge in [0.1, 0.15) is 11.0 Å². The second kappa shape index (κ2) is 4.51. The summed E-state index contributed by atoms with van der Waals surface area (Å²) in [6.45, 7) is 0. The molecule has 2 rings (SSSR count). The Bertz CT molecular complexity index is 586. The second-order valence-corrected chi connectivity index (χ2v) is 3.73. The number of carboxylic acids is 1. The molecule has 1 heterocycles. The van der Waals surface area contributed by atoms with Crippen molar-refractivity contribution < 1.29 is 14.3 Å². The van der Waals surface area contributed by atoms with Crippen LogP contribution < -0.4 is 0 Å². The molecule has 0 radical (unpaired) electrons. The van der Waals surface area contributed by atoms with Gasteiger partial charge in [-0.1, -0.05) is 23.7 Å². The van der Waals surface area contributed by atoms with Gasteiger partial charge in [0, 0.05) is 5.56 Å². The van der Waals surface area contributed by atoms with Gasteiger partial charge in [-0.05, 0) is 29.8 Å². The van der Waals surface area contributed by atoms with E-state index in [2.05, 4.69) is 4.98 Å². The average molecular weight is 252 g/mol. The molecule has 0 bridgehead atoms. The quantitative estimate of drug-likeness (QED) is 0.834. The first-order chi connectivity index (χ1) is 8.08. The van der Waals surface area contributed by atoms with Crippen molar-refractivity contribution in [1.29, 1.82) is 0 Å². The molecule has 0 aliphatic carbocycles. The molecule has 0 fully saturated rings. The van der Waals surface area contributed by atoms with Gasteiger partial charge >= 0.3 is 5.97 Å². The molecule has 2 aromatic rings. The summed E-state index contributed by atoms with van der Waals surface area (Å²) in [6.07, 6.45) is 0. The number of aromatic carboxylic acids is 1. The van der Waals surface area contributed by atoms with Crippen molar-refractivity contribution in [3.05, 3.63) is 53.1 Å². The van der Waals surface area contributed by atoms with Crippen molar-refractivity contribution >= 4 is 17.6 Å². The number of hydrogen-bond donors (Lipinski definition) is 1. The summed E-state index contributed by atoms with van der Waals surface area (Å²) in [5.74, 6) is -1.64. The van der Waals surface area contributed by atoms with Crippen LogP contribution in [0.5, 0.6) is 0 Å². The third kappa shape index (κ3) is 2.42. The zero-order valence-corrected chi connectivity index (χ0v) is 9.28. The summed E-state index contributed by atoms with van der Waals surface area (Å²) in [5, 5.41) is 9.09. The average Bonchev–Trinajstić information content (AvgIpc) is 2.28. The lowest BCUT2D eigenvalue weighted by molar-refractivity contribution is 0.0691. The number of pyridine rings is 1. The second-order valence-electron chi connectivity index (χ2n) is 3.35. The maximum absolute atomic E-state index is 13.1. The highest BCUT2D eigenvalue weighted by Gasteiger charge is 2.14. The molecular weight excluding hydrogens is 245 g/mol. The molecule has 0 saturated heterocycles. The SMILES string of the molecule is O=C(O)c1nc(Cl)ccc1-c1cccc(F)c1. The zero-order valence-electron chi connectivity index (χ0n) is 8.52. The first kappa shape index (κ1) is 11.5. The Labute approximate surface area is 101 Å². The molecule has 17 heavy (non-hydrogen) atoms. The Kier molecular flexibility index (Phi) is 3.06. The Morgan fingerprint density at radius 2 is 2.06 bits per heavy atom. The van der Waals surface area contributed by atoms with Crippen molar-refractivity contribution in [1.82, 2.24) is 4.98 Å². The van der Waals surface area contributed by atoms with Crippen molar-refractivity contribution in [3.63, 3.8) is 0 Å². The predicted octanol–water partition coefficient (Wildman–Crippen LogP) is 3.24. The fourth-order valence-electron chi connectivity index (χ4n) is 1.49. The molecule has 0 unspecified atom stereocenters. The molecule has 86 valence electrons. The third-order valence-electron chi connectivity index (χ3n) is 2.20. The molecule has 3 nitrogen and oxygen atoms in total. The van der Waals surface area contributed by atoms with Crippen molar-refractivity contribution in [2.75, 3.05) is 0 Å². The van der Waals surface area contributed by atoms with E-state index in [1.54, 1.807) is 6.07 Å². The van der Waals surface area contributed by atoms with E-state index in [1.165, 1.54) is 30.3 Å². The van der Waals surface area contributed by atoms with Gasteiger partial charge in [0.15, 0.2) is 5.69 Å². The normalized spacial score (nSPS) is 10.2. The number of carbonyl (C=O) groups is 1. The Morgan fingerprint density at radius 1 is 1.29 bits per heavy atom. The van der Waals surface area contributed by atoms with Gasteiger partial charge < -0.3 is 5.11 Å². The van der Waals surface area contributed by atoms with Crippen molar-refractivity contribution in [2.45, 2.75) is 0 Å². The van der Waals surface area contributed by atoms with E-state index in [9.17, 15) is 9.18 Å². The van der Waals surface area contributed by atoms with E-state index in [-0.39, 0.29) is 10.8 Å². The Hall–Kier alpha value is -1.94. The van der Waals surface area contributed by atoms with Crippen molar-refractivity contribution in [3.8, 4) is 11.1 Å². The minimum absolute atomic E-state index is 0.0857. The fraction of sp³-hybridized carbons (Fsp3) is 0. The number of aromatic nitrogens is 1. The minimum Gasteiger partial charge on any atom is -0.476 e. The fourth-order valence-corrected chi connectivity index (χ4v) is 1.63. The van der Waals surface area contributed by atoms with Crippen LogP contribution in [-0.4, -0.2) is 16.1 Å².